The number of hydrogen-bond acceptors (Lipinski definition) is 7. The number of carbonyl (C=O) groups is 1. The molecule has 10 nitrogen and oxygen atoms in total. The maximum Gasteiger partial charge on any atom is 0.244 e. The molecule has 200 valence electrons. The van der Waals surface area contributed by atoms with Gasteiger partial charge in [0.2, 0.25) is 5.91 Å². The van der Waals surface area contributed by atoms with E-state index >= 15 is 0 Å². The number of nitrogens with zero attached hydrogens (tertiary/aromatic N) is 5. The van der Waals surface area contributed by atoms with Gasteiger partial charge in [-0.25, -0.2) is 14.3 Å². The molecule has 3 heterocycles. The molecule has 4 aliphatic rings. The molecule has 2 atom stereocenters. The largest absolute Gasteiger partial charge is 0.358 e. The van der Waals surface area contributed by atoms with Gasteiger partial charge in [-0.05, 0) is 24.1 Å². The third kappa shape index (κ3) is 4.88. The van der Waals surface area contributed by atoms with Gasteiger partial charge in [-0.3, -0.25) is 14.2 Å². The number of piperazine rings is 1. The van der Waals surface area contributed by atoms with Crippen molar-refractivity contribution < 1.29 is 13.6 Å². The van der Waals surface area contributed by atoms with Crippen molar-refractivity contribution in [1.29, 1.82) is 5.26 Å². The predicted octanol–water partition coefficient (Wildman–Crippen LogP) is 2.02. The zero-order valence-electron chi connectivity index (χ0n) is 21.8. The number of fused-ring (bicyclic) bond motifs is 5. The number of rotatable bonds is 3. The molecule has 1 fully saturated rings. The molecule has 0 aromatic heterocycles. The van der Waals surface area contributed by atoms with Crippen LogP contribution in [-0.2, 0) is 14.3 Å². The molecule has 4 bridgehead atoms. The van der Waals surface area contributed by atoms with Crippen LogP contribution < -0.4 is 10.6 Å². The molecule has 0 spiro atoms. The van der Waals surface area contributed by atoms with Crippen LogP contribution in [0, 0.1) is 17.2 Å². The first-order valence-corrected chi connectivity index (χ1v) is 15.0. The van der Waals surface area contributed by atoms with Crippen molar-refractivity contribution in [2.75, 3.05) is 32.4 Å². The minimum absolute atomic E-state index is 0.0466. The minimum Gasteiger partial charge on any atom is -0.358 e. The smallest absolute Gasteiger partial charge is 0.244 e. The topological polar surface area (TPSA) is 133 Å². The Hall–Kier alpha value is -3.43. The van der Waals surface area contributed by atoms with E-state index in [2.05, 4.69) is 10.6 Å². The van der Waals surface area contributed by atoms with Gasteiger partial charge < -0.3 is 10.6 Å². The average Bonchev–Trinajstić information content (AvgIpc) is 3.20. The summed E-state index contributed by atoms with van der Waals surface area (Å²) in [4.78, 5) is 25.4. The molecule has 1 aromatic carbocycles. The van der Waals surface area contributed by atoms with Crippen molar-refractivity contribution in [3.8, 4) is 6.07 Å². The number of aliphatic imine (C=N–C) groups is 2. The number of amidine groups is 2. The van der Waals surface area contributed by atoms with Gasteiger partial charge in [0.05, 0.1) is 29.7 Å². The van der Waals surface area contributed by atoms with Crippen LogP contribution in [0.4, 0.5) is 0 Å². The highest BCUT2D eigenvalue weighted by atomic mass is 32.3. The zero-order chi connectivity index (χ0) is 27.1. The van der Waals surface area contributed by atoms with Crippen molar-refractivity contribution in [3.63, 3.8) is 0 Å². The van der Waals surface area contributed by atoms with Crippen molar-refractivity contribution >= 4 is 27.1 Å². The lowest BCUT2D eigenvalue weighted by Gasteiger charge is -2.54. The molecule has 0 radical (unpaired) electrons. The summed E-state index contributed by atoms with van der Waals surface area (Å²) in [6.07, 6.45) is 9.18. The van der Waals surface area contributed by atoms with E-state index in [0.29, 0.717) is 31.2 Å². The summed E-state index contributed by atoms with van der Waals surface area (Å²) >= 11 is 0. The second-order valence-corrected chi connectivity index (χ2v) is 13.9. The van der Waals surface area contributed by atoms with Gasteiger partial charge in [0, 0.05) is 37.0 Å². The van der Waals surface area contributed by atoms with Crippen LogP contribution in [0.1, 0.15) is 25.8 Å². The second-order valence-electron chi connectivity index (χ2n) is 10.5. The Bertz CT molecular complexity index is 1430. The maximum absolute atomic E-state index is 14.2. The fraction of sp³-hybridized carbons (Fsp3) is 0.407. The van der Waals surface area contributed by atoms with Gasteiger partial charge in [-0.2, -0.15) is 9.47 Å². The Kier molecular flexibility index (Phi) is 6.69. The Morgan fingerprint density at radius 3 is 2.68 bits per heavy atom. The first-order valence-electron chi connectivity index (χ1n) is 12.7. The maximum atomic E-state index is 14.2. The number of hydrogen-bond donors (Lipinski definition) is 3. The van der Waals surface area contributed by atoms with Crippen molar-refractivity contribution in [2.24, 2.45) is 15.9 Å². The monoisotopic (exact) mass is 535 g/mol. The third-order valence-corrected chi connectivity index (χ3v) is 10.3. The van der Waals surface area contributed by atoms with E-state index in [-0.39, 0.29) is 35.4 Å². The van der Waals surface area contributed by atoms with Crippen LogP contribution in [0.5, 0.6) is 0 Å². The first kappa shape index (κ1) is 26.2. The molecule has 3 N–H and O–H groups in total. The van der Waals surface area contributed by atoms with Gasteiger partial charge in [0.25, 0.3) is 0 Å². The Balaban J connectivity index is 1.52. The van der Waals surface area contributed by atoms with E-state index < -0.39 is 21.7 Å². The zero-order valence-corrected chi connectivity index (χ0v) is 22.6. The Morgan fingerprint density at radius 1 is 1.16 bits per heavy atom. The molecule has 11 heteroatoms. The molecule has 1 unspecified atom stereocenters. The standard InChI is InChI=1S/C27H33N7O3S/c1-18(2)25-27(35)31-24-17-34(38(3,36,37)22-11-7-5-9-20(22)15-28)13-12-33(24)16-23-29-21-10-6-4-8-19(14-21)26(30-23)32-25/h4-11,18,24-25H,12-14,16-17H2,1-3H3,(H,31,35)(H,36,37)(H,29,30,32)/t24?,25-/m0/s1. The minimum atomic E-state index is -4.60. The highest BCUT2D eigenvalue weighted by Crippen LogP contribution is 2.37. The lowest BCUT2D eigenvalue weighted by molar-refractivity contribution is -0.126. The molecule has 1 aromatic rings. The van der Waals surface area contributed by atoms with E-state index in [1.807, 2.05) is 49.1 Å². The summed E-state index contributed by atoms with van der Waals surface area (Å²) in [5.74, 6) is 1.00. The van der Waals surface area contributed by atoms with Crippen LogP contribution in [0.3, 0.4) is 0 Å². The van der Waals surface area contributed by atoms with E-state index in [9.17, 15) is 18.8 Å². The molecule has 0 saturated carbocycles. The number of nitriles is 1. The predicted molar refractivity (Wildman–Crippen MR) is 148 cm³/mol. The molecule has 1 aliphatic carbocycles. The number of allylic oxidation sites excluding steroid dienone is 5. The number of amides is 1. The van der Waals surface area contributed by atoms with Gasteiger partial charge >= 0.3 is 0 Å². The molecule has 3 aliphatic heterocycles. The fourth-order valence-electron chi connectivity index (χ4n) is 5.22. The van der Waals surface area contributed by atoms with Gasteiger partial charge in [-0.15, -0.1) is 9.53 Å². The van der Waals surface area contributed by atoms with Crippen molar-refractivity contribution in [3.05, 3.63) is 65.4 Å². The normalized spacial score (nSPS) is 25.5. The van der Waals surface area contributed by atoms with Crippen LogP contribution >= 0.6 is 0 Å². The summed E-state index contributed by atoms with van der Waals surface area (Å²) in [5, 5.41) is 16.1. The molecule has 5 rings (SSSR count). The van der Waals surface area contributed by atoms with Gasteiger partial charge in [0.1, 0.15) is 23.8 Å². The first-order chi connectivity index (χ1) is 18.0. The fourth-order valence-corrected chi connectivity index (χ4v) is 7.51. The summed E-state index contributed by atoms with van der Waals surface area (Å²) in [6, 6.07) is 7.86. The molecule has 38 heavy (non-hydrogen) atoms. The summed E-state index contributed by atoms with van der Waals surface area (Å²) in [6.45, 7) is 5.05. The molecule has 1 saturated heterocycles. The summed E-state index contributed by atoms with van der Waals surface area (Å²) < 4.78 is 27.4. The number of nitrogens with one attached hydrogen (secondary N) is 2. The highest BCUT2D eigenvalue weighted by Gasteiger charge is 2.42. The van der Waals surface area contributed by atoms with Gasteiger partial charge in [-0.1, -0.05) is 44.2 Å². The molecule has 1 amide bonds. The van der Waals surface area contributed by atoms with Crippen molar-refractivity contribution in [2.45, 2.75) is 37.4 Å². The molecular formula is C27H33N7O3S. The summed E-state index contributed by atoms with van der Waals surface area (Å²) in [5.41, 5.74) is 2.01. The van der Waals surface area contributed by atoms with Crippen LogP contribution in [0.25, 0.3) is 0 Å². The number of benzene rings is 1. The van der Waals surface area contributed by atoms with E-state index in [0.717, 1.165) is 11.3 Å². The lowest BCUT2D eigenvalue weighted by atomic mass is 10.0. The number of carbonyl (C=O) groups excluding carboxylic acids is 1. The lowest BCUT2D eigenvalue weighted by Crippen LogP contribution is -2.67. The highest BCUT2D eigenvalue weighted by molar-refractivity contribution is 8.12. The Morgan fingerprint density at radius 2 is 1.92 bits per heavy atom. The van der Waals surface area contributed by atoms with Crippen LogP contribution in [0.2, 0.25) is 0 Å². The van der Waals surface area contributed by atoms with E-state index in [1.54, 1.807) is 18.2 Å². The van der Waals surface area contributed by atoms with Gasteiger partial charge in [0.15, 0.2) is 0 Å². The SMILES string of the molecule is CC(C)[C@@H]1NC2=NC(=NC3=CC=CC=C2C3)CN2CCN(S(C)(=O)(O)c3ccccc3C#N)CC2NC1=O. The summed E-state index contributed by atoms with van der Waals surface area (Å²) in [7, 11) is -4.60. The second kappa shape index (κ2) is 9.71. The van der Waals surface area contributed by atoms with Crippen LogP contribution in [0.15, 0.2) is 74.7 Å². The van der Waals surface area contributed by atoms with E-state index in [1.165, 1.54) is 16.6 Å². The van der Waals surface area contributed by atoms with Crippen molar-refractivity contribution in [1.82, 2.24) is 19.8 Å². The third-order valence-electron chi connectivity index (χ3n) is 7.36. The Labute approximate surface area is 222 Å². The van der Waals surface area contributed by atoms with E-state index in [4.69, 9.17) is 9.98 Å². The average molecular weight is 536 g/mol. The molecular weight excluding hydrogens is 502 g/mol. The van der Waals surface area contributed by atoms with Crippen LogP contribution in [-0.4, -0.2) is 80.2 Å². The quantitative estimate of drug-likeness (QED) is 0.542.